The summed E-state index contributed by atoms with van der Waals surface area (Å²) < 4.78 is 10.3. The first-order valence-electron chi connectivity index (χ1n) is 9.10. The van der Waals surface area contributed by atoms with Gasteiger partial charge in [0.15, 0.2) is 10.2 Å². The molecule has 6 nitrogen and oxygen atoms in total. The molecule has 0 aromatic heterocycles. The molecule has 0 saturated heterocycles. The molecule has 0 saturated carbocycles. The van der Waals surface area contributed by atoms with Gasteiger partial charge in [-0.05, 0) is 97.2 Å². The molecule has 0 bridgehead atoms. The molecule has 0 aliphatic rings. The van der Waals surface area contributed by atoms with E-state index in [0.717, 1.165) is 34.2 Å². The molecular weight excluding hydrogens is 416 g/mol. The Morgan fingerprint density at radius 1 is 0.500 bits per heavy atom. The van der Waals surface area contributed by atoms with Crippen LogP contribution in [-0.4, -0.2) is 24.4 Å². The number of anilines is 4. The lowest BCUT2D eigenvalue weighted by Gasteiger charge is -2.13. The van der Waals surface area contributed by atoms with Crippen LogP contribution < -0.4 is 30.7 Å². The molecule has 4 N–H and O–H groups in total. The molecule has 0 spiro atoms. The monoisotopic (exact) mass is 438 g/mol. The first-order chi connectivity index (χ1) is 14.6. The Balaban J connectivity index is 1.49. The van der Waals surface area contributed by atoms with Gasteiger partial charge >= 0.3 is 0 Å². The molecule has 3 rings (SSSR count). The van der Waals surface area contributed by atoms with E-state index >= 15 is 0 Å². The van der Waals surface area contributed by atoms with E-state index in [1.165, 1.54) is 0 Å². The van der Waals surface area contributed by atoms with Gasteiger partial charge in [-0.3, -0.25) is 0 Å². The van der Waals surface area contributed by atoms with Gasteiger partial charge in [0.05, 0.1) is 14.2 Å². The van der Waals surface area contributed by atoms with Gasteiger partial charge in [-0.15, -0.1) is 0 Å². The number of thiocarbonyl (C=S) groups is 2. The average molecular weight is 439 g/mol. The number of rotatable bonds is 6. The van der Waals surface area contributed by atoms with Gasteiger partial charge in [-0.2, -0.15) is 0 Å². The highest BCUT2D eigenvalue weighted by molar-refractivity contribution is 7.81. The lowest BCUT2D eigenvalue weighted by atomic mass is 10.3. The summed E-state index contributed by atoms with van der Waals surface area (Å²) in [4.78, 5) is 0. The molecule has 3 aromatic rings. The van der Waals surface area contributed by atoms with Gasteiger partial charge in [-0.25, -0.2) is 0 Å². The van der Waals surface area contributed by atoms with Crippen LogP contribution in [0.1, 0.15) is 0 Å². The molecule has 0 radical (unpaired) electrons. The van der Waals surface area contributed by atoms with E-state index in [-0.39, 0.29) is 0 Å². The first-order valence-corrected chi connectivity index (χ1v) is 9.91. The summed E-state index contributed by atoms with van der Waals surface area (Å²) in [6, 6.07) is 22.7. The number of benzene rings is 3. The van der Waals surface area contributed by atoms with Crippen molar-refractivity contribution in [3.05, 3.63) is 72.8 Å². The lowest BCUT2D eigenvalue weighted by Crippen LogP contribution is -2.20. The standard InChI is InChI=1S/C22H22N4O2S2/c1-27-19-11-7-17(8-12-19)25-21(29)23-15-3-5-16(6-4-15)24-22(30)26-18-9-13-20(28-2)14-10-18/h3-14H,1-2H3,(H2,23,25,29)(H2,24,26,30). The zero-order valence-corrected chi connectivity index (χ0v) is 18.2. The van der Waals surface area contributed by atoms with Gasteiger partial charge in [0.1, 0.15) is 11.5 Å². The fourth-order valence-corrected chi connectivity index (χ4v) is 3.04. The van der Waals surface area contributed by atoms with Crippen molar-refractivity contribution < 1.29 is 9.47 Å². The molecule has 0 aliphatic carbocycles. The van der Waals surface area contributed by atoms with Crippen molar-refractivity contribution in [2.24, 2.45) is 0 Å². The van der Waals surface area contributed by atoms with Crippen molar-refractivity contribution >= 4 is 57.4 Å². The maximum absolute atomic E-state index is 5.36. The summed E-state index contributed by atoms with van der Waals surface area (Å²) in [7, 11) is 3.27. The van der Waals surface area contributed by atoms with Crippen LogP contribution >= 0.6 is 24.4 Å². The highest BCUT2D eigenvalue weighted by Crippen LogP contribution is 2.18. The second-order valence-electron chi connectivity index (χ2n) is 6.19. The maximum atomic E-state index is 5.36. The minimum Gasteiger partial charge on any atom is -0.497 e. The highest BCUT2D eigenvalue weighted by atomic mass is 32.1. The Hall–Kier alpha value is -3.36. The molecule has 30 heavy (non-hydrogen) atoms. The van der Waals surface area contributed by atoms with Crippen molar-refractivity contribution in [2.75, 3.05) is 35.5 Å². The SMILES string of the molecule is COc1ccc(NC(=S)Nc2ccc(NC(=S)Nc3ccc(OC)cc3)cc2)cc1. The molecule has 0 atom stereocenters. The van der Waals surface area contributed by atoms with Crippen molar-refractivity contribution in [3.8, 4) is 11.5 Å². The minimum atomic E-state index is 0.498. The van der Waals surface area contributed by atoms with E-state index in [9.17, 15) is 0 Å². The molecule has 0 aliphatic heterocycles. The van der Waals surface area contributed by atoms with Gasteiger partial charge < -0.3 is 30.7 Å². The largest absolute Gasteiger partial charge is 0.497 e. The topological polar surface area (TPSA) is 66.6 Å². The predicted octanol–water partition coefficient (Wildman–Crippen LogP) is 5.32. The van der Waals surface area contributed by atoms with E-state index in [2.05, 4.69) is 21.3 Å². The van der Waals surface area contributed by atoms with Crippen LogP contribution in [0.15, 0.2) is 72.8 Å². The Bertz CT molecular complexity index is 909. The van der Waals surface area contributed by atoms with Crippen LogP contribution in [0.3, 0.4) is 0 Å². The molecule has 0 fully saturated rings. The molecule has 0 heterocycles. The zero-order chi connectivity index (χ0) is 21.3. The molecule has 8 heteroatoms. The summed E-state index contributed by atoms with van der Waals surface area (Å²) in [5.74, 6) is 1.59. The predicted molar refractivity (Wildman–Crippen MR) is 132 cm³/mol. The fraction of sp³-hybridized carbons (Fsp3) is 0.0909. The summed E-state index contributed by atoms with van der Waals surface area (Å²) in [6.45, 7) is 0. The number of hydrogen-bond donors (Lipinski definition) is 4. The van der Waals surface area contributed by atoms with Crippen molar-refractivity contribution in [1.82, 2.24) is 0 Å². The van der Waals surface area contributed by atoms with Gasteiger partial charge in [0, 0.05) is 22.7 Å². The van der Waals surface area contributed by atoms with Crippen LogP contribution in [-0.2, 0) is 0 Å². The number of ether oxygens (including phenoxy) is 2. The number of nitrogens with one attached hydrogen (secondary N) is 4. The second kappa shape index (κ2) is 10.4. The van der Waals surface area contributed by atoms with Crippen LogP contribution in [0, 0.1) is 0 Å². The summed E-state index contributed by atoms with van der Waals surface area (Å²) in [6.07, 6.45) is 0. The van der Waals surface area contributed by atoms with Crippen LogP contribution in [0.2, 0.25) is 0 Å². The van der Waals surface area contributed by atoms with Crippen LogP contribution in [0.25, 0.3) is 0 Å². The van der Waals surface area contributed by atoms with E-state index in [1.807, 2.05) is 72.8 Å². The van der Waals surface area contributed by atoms with E-state index in [4.69, 9.17) is 33.9 Å². The Kier molecular flexibility index (Phi) is 7.42. The molecule has 0 amide bonds. The molecule has 0 unspecified atom stereocenters. The van der Waals surface area contributed by atoms with Gasteiger partial charge in [0.2, 0.25) is 0 Å². The summed E-state index contributed by atoms with van der Waals surface area (Å²) in [5.41, 5.74) is 3.48. The maximum Gasteiger partial charge on any atom is 0.175 e. The van der Waals surface area contributed by atoms with Gasteiger partial charge in [0.25, 0.3) is 0 Å². The molecule has 3 aromatic carbocycles. The zero-order valence-electron chi connectivity index (χ0n) is 16.6. The third-order valence-corrected chi connectivity index (χ3v) is 4.50. The fourth-order valence-electron chi connectivity index (χ4n) is 2.57. The average Bonchev–Trinajstić information content (AvgIpc) is 2.76. The van der Waals surface area contributed by atoms with Gasteiger partial charge in [-0.1, -0.05) is 0 Å². The van der Waals surface area contributed by atoms with Crippen molar-refractivity contribution in [3.63, 3.8) is 0 Å². The van der Waals surface area contributed by atoms with Crippen LogP contribution in [0.5, 0.6) is 11.5 Å². The lowest BCUT2D eigenvalue weighted by molar-refractivity contribution is 0.415. The summed E-state index contributed by atoms with van der Waals surface area (Å²) >= 11 is 10.7. The third kappa shape index (κ3) is 6.33. The smallest absolute Gasteiger partial charge is 0.175 e. The minimum absolute atomic E-state index is 0.498. The van der Waals surface area contributed by atoms with Crippen molar-refractivity contribution in [1.29, 1.82) is 0 Å². The van der Waals surface area contributed by atoms with Crippen molar-refractivity contribution in [2.45, 2.75) is 0 Å². The molecule has 154 valence electrons. The highest BCUT2D eigenvalue weighted by Gasteiger charge is 2.02. The Morgan fingerprint density at radius 2 is 0.733 bits per heavy atom. The number of methoxy groups -OCH3 is 2. The normalized spacial score (nSPS) is 9.93. The van der Waals surface area contributed by atoms with Crippen LogP contribution in [0.4, 0.5) is 22.7 Å². The summed E-state index contributed by atoms with van der Waals surface area (Å²) in [5, 5.41) is 13.6. The third-order valence-electron chi connectivity index (χ3n) is 4.10. The van der Waals surface area contributed by atoms with E-state index in [1.54, 1.807) is 14.2 Å². The second-order valence-corrected chi connectivity index (χ2v) is 7.01. The Labute approximate surface area is 186 Å². The molecular formula is C22H22N4O2S2. The van der Waals surface area contributed by atoms with E-state index in [0.29, 0.717) is 10.2 Å². The Morgan fingerprint density at radius 3 is 0.967 bits per heavy atom. The first kappa shape index (κ1) is 21.4. The quantitative estimate of drug-likeness (QED) is 0.386. The number of hydrogen-bond acceptors (Lipinski definition) is 4. The van der Waals surface area contributed by atoms with E-state index < -0.39 is 0 Å².